The number of hydrogen-bond donors (Lipinski definition) is 3. The molecule has 0 spiro atoms. The minimum atomic E-state index is -0.662. The third-order valence-corrected chi connectivity index (χ3v) is 16.2. The van der Waals surface area contributed by atoms with Crippen molar-refractivity contribution in [3.63, 3.8) is 0 Å². The third-order valence-electron chi connectivity index (χ3n) is 16.2. The van der Waals surface area contributed by atoms with Gasteiger partial charge in [0.15, 0.2) is 0 Å². The quantitative estimate of drug-likeness (QED) is 0.0417. The first-order valence-electron chi connectivity index (χ1n) is 33.8. The van der Waals surface area contributed by atoms with Gasteiger partial charge >= 0.3 is 5.97 Å². The van der Waals surface area contributed by atoms with Crippen molar-refractivity contribution >= 4 is 11.9 Å². The molecule has 0 aliphatic rings. The van der Waals surface area contributed by atoms with E-state index in [4.69, 9.17) is 4.74 Å². The van der Waals surface area contributed by atoms with E-state index in [0.717, 1.165) is 38.5 Å². The summed E-state index contributed by atoms with van der Waals surface area (Å²) >= 11 is 0. The van der Waals surface area contributed by atoms with Crippen molar-refractivity contribution in [2.45, 2.75) is 405 Å². The summed E-state index contributed by atoms with van der Waals surface area (Å²) in [6.45, 7) is 5.00. The molecule has 0 aromatic carbocycles. The van der Waals surface area contributed by atoms with Crippen LogP contribution in [0.15, 0.2) is 0 Å². The van der Waals surface area contributed by atoms with Crippen molar-refractivity contribution in [1.82, 2.24) is 5.32 Å². The van der Waals surface area contributed by atoms with Gasteiger partial charge in [-0.15, -0.1) is 0 Å². The Morgan fingerprint density at radius 1 is 0.329 bits per heavy atom. The monoisotopic (exact) mass is 1030 g/mol. The summed E-state index contributed by atoms with van der Waals surface area (Å²) < 4.78 is 5.48. The maximum absolute atomic E-state index is 12.5. The van der Waals surface area contributed by atoms with E-state index in [1.807, 2.05) is 0 Å². The van der Waals surface area contributed by atoms with Crippen LogP contribution in [0.1, 0.15) is 393 Å². The van der Waals surface area contributed by atoms with Crippen LogP contribution in [0.2, 0.25) is 0 Å². The molecule has 1 amide bonds. The van der Waals surface area contributed by atoms with Gasteiger partial charge in [-0.25, -0.2) is 0 Å². The van der Waals surface area contributed by atoms with Crippen LogP contribution in [0, 0.1) is 0 Å². The number of amides is 1. The minimum absolute atomic E-state index is 0.0183. The van der Waals surface area contributed by atoms with E-state index < -0.39 is 12.1 Å². The van der Waals surface area contributed by atoms with E-state index >= 15 is 0 Å². The second-order valence-corrected chi connectivity index (χ2v) is 23.5. The summed E-state index contributed by atoms with van der Waals surface area (Å²) in [5.74, 6) is -0.0101. The number of aliphatic hydroxyl groups excluding tert-OH is 2. The van der Waals surface area contributed by atoms with Crippen LogP contribution in [0.25, 0.3) is 0 Å². The standard InChI is InChI=1S/C67H133NO5/c1-3-5-7-9-11-13-15-17-18-19-27-30-33-36-39-43-47-51-55-59-65(70)64(63-69)68-66(71)60-56-52-48-44-40-37-34-31-28-25-23-21-20-22-24-26-29-32-35-38-42-46-50-54-58-62-73-67(72)61-57-53-49-45-41-16-14-12-10-8-6-4-2/h64-65,69-70H,3-63H2,1-2H3,(H,68,71). The van der Waals surface area contributed by atoms with Gasteiger partial charge in [0.1, 0.15) is 0 Å². The Labute approximate surface area is 457 Å². The van der Waals surface area contributed by atoms with Gasteiger partial charge in [0.2, 0.25) is 5.91 Å². The number of ether oxygens (including phenoxy) is 1. The number of unbranched alkanes of at least 4 members (excludes halogenated alkanes) is 53. The number of aliphatic hydroxyl groups is 2. The average Bonchev–Trinajstić information content (AvgIpc) is 3.39. The van der Waals surface area contributed by atoms with Crippen LogP contribution < -0.4 is 5.32 Å². The lowest BCUT2D eigenvalue weighted by molar-refractivity contribution is -0.143. The Bertz CT molecular complexity index is 1050. The van der Waals surface area contributed by atoms with E-state index in [1.54, 1.807) is 0 Å². The van der Waals surface area contributed by atoms with Crippen LogP contribution >= 0.6 is 0 Å². The summed E-state index contributed by atoms with van der Waals surface area (Å²) in [6.07, 6.45) is 75.6. The molecule has 0 saturated carbocycles. The fourth-order valence-corrected chi connectivity index (χ4v) is 11.0. The lowest BCUT2D eigenvalue weighted by Crippen LogP contribution is -2.45. The normalized spacial score (nSPS) is 12.4. The Hall–Kier alpha value is -1.14. The molecule has 0 heterocycles. The maximum atomic E-state index is 12.5. The fraction of sp³-hybridized carbons (Fsp3) is 0.970. The van der Waals surface area contributed by atoms with Crippen LogP contribution in [-0.4, -0.2) is 47.4 Å². The highest BCUT2D eigenvalue weighted by atomic mass is 16.5. The van der Waals surface area contributed by atoms with E-state index in [9.17, 15) is 19.8 Å². The predicted molar refractivity (Wildman–Crippen MR) is 320 cm³/mol. The Kier molecular flexibility index (Phi) is 62.4. The minimum Gasteiger partial charge on any atom is -0.466 e. The molecule has 0 fully saturated rings. The van der Waals surface area contributed by atoms with E-state index in [1.165, 1.54) is 321 Å². The highest BCUT2D eigenvalue weighted by Crippen LogP contribution is 2.19. The number of carbonyl (C=O) groups is 2. The van der Waals surface area contributed by atoms with Gasteiger partial charge in [-0.3, -0.25) is 9.59 Å². The largest absolute Gasteiger partial charge is 0.466 e. The summed E-state index contributed by atoms with van der Waals surface area (Å²) in [4.78, 5) is 24.6. The number of esters is 1. The molecule has 3 N–H and O–H groups in total. The van der Waals surface area contributed by atoms with Crippen molar-refractivity contribution in [2.24, 2.45) is 0 Å². The molecule has 2 atom stereocenters. The van der Waals surface area contributed by atoms with Crippen LogP contribution in [0.3, 0.4) is 0 Å². The molecule has 436 valence electrons. The SMILES string of the molecule is CCCCCCCCCCCCCCCCCCCCCC(O)C(CO)NC(=O)CCCCCCCCCCCCCCCCCCCCCCCCCCCOC(=O)CCCCCCCCCCCCCC. The molecule has 0 saturated heterocycles. The highest BCUT2D eigenvalue weighted by molar-refractivity contribution is 5.76. The Morgan fingerprint density at radius 2 is 0.562 bits per heavy atom. The number of hydrogen-bond acceptors (Lipinski definition) is 5. The van der Waals surface area contributed by atoms with E-state index in [2.05, 4.69) is 19.2 Å². The van der Waals surface area contributed by atoms with Crippen LogP contribution in [-0.2, 0) is 14.3 Å². The first kappa shape index (κ1) is 71.9. The Balaban J connectivity index is 3.35. The average molecular weight is 1030 g/mol. The lowest BCUT2D eigenvalue weighted by Gasteiger charge is -2.22. The molecule has 6 nitrogen and oxygen atoms in total. The summed E-state index contributed by atoms with van der Waals surface area (Å²) in [6, 6.07) is -0.539. The number of rotatable bonds is 64. The molecular weight excluding hydrogens is 899 g/mol. The second-order valence-electron chi connectivity index (χ2n) is 23.5. The first-order chi connectivity index (χ1) is 36.0. The van der Waals surface area contributed by atoms with Gasteiger partial charge in [-0.2, -0.15) is 0 Å². The smallest absolute Gasteiger partial charge is 0.305 e. The maximum Gasteiger partial charge on any atom is 0.305 e. The summed E-state index contributed by atoms with van der Waals surface area (Å²) in [7, 11) is 0. The molecule has 73 heavy (non-hydrogen) atoms. The van der Waals surface area contributed by atoms with Gasteiger partial charge in [-0.1, -0.05) is 354 Å². The topological polar surface area (TPSA) is 95.9 Å². The molecule has 0 bridgehead atoms. The van der Waals surface area contributed by atoms with Gasteiger partial charge in [0.25, 0.3) is 0 Å². The predicted octanol–water partition coefficient (Wildman–Crippen LogP) is 21.4. The van der Waals surface area contributed by atoms with E-state index in [-0.39, 0.29) is 18.5 Å². The summed E-state index contributed by atoms with van der Waals surface area (Å²) in [5, 5.41) is 23.4. The summed E-state index contributed by atoms with van der Waals surface area (Å²) in [5.41, 5.74) is 0. The molecule has 0 aliphatic heterocycles. The molecule has 0 aliphatic carbocycles. The van der Waals surface area contributed by atoms with Crippen molar-refractivity contribution < 1.29 is 24.5 Å². The zero-order valence-corrected chi connectivity index (χ0v) is 49.9. The number of carbonyl (C=O) groups excluding carboxylic acids is 2. The van der Waals surface area contributed by atoms with E-state index in [0.29, 0.717) is 25.9 Å². The zero-order valence-electron chi connectivity index (χ0n) is 49.9. The number of nitrogens with one attached hydrogen (secondary N) is 1. The molecular formula is C67H133NO5. The fourth-order valence-electron chi connectivity index (χ4n) is 11.0. The molecule has 0 aromatic heterocycles. The lowest BCUT2D eigenvalue weighted by atomic mass is 10.0. The van der Waals surface area contributed by atoms with Gasteiger partial charge in [0.05, 0.1) is 25.4 Å². The van der Waals surface area contributed by atoms with Crippen molar-refractivity contribution in [1.29, 1.82) is 0 Å². The van der Waals surface area contributed by atoms with Gasteiger partial charge in [0, 0.05) is 12.8 Å². The molecule has 6 heteroatoms. The van der Waals surface area contributed by atoms with Crippen LogP contribution in [0.5, 0.6) is 0 Å². The second kappa shape index (κ2) is 63.4. The molecule has 0 radical (unpaired) electrons. The first-order valence-corrected chi connectivity index (χ1v) is 33.8. The molecule has 2 unspecified atom stereocenters. The van der Waals surface area contributed by atoms with Crippen LogP contribution in [0.4, 0.5) is 0 Å². The Morgan fingerprint density at radius 3 is 0.836 bits per heavy atom. The zero-order chi connectivity index (χ0) is 52.9. The van der Waals surface area contributed by atoms with Crippen molar-refractivity contribution in [3.8, 4) is 0 Å². The third kappa shape index (κ3) is 60.0. The molecule has 0 aromatic rings. The van der Waals surface area contributed by atoms with Crippen molar-refractivity contribution in [2.75, 3.05) is 13.2 Å². The van der Waals surface area contributed by atoms with Crippen molar-refractivity contribution in [3.05, 3.63) is 0 Å². The van der Waals surface area contributed by atoms with Gasteiger partial charge < -0.3 is 20.3 Å². The highest BCUT2D eigenvalue weighted by Gasteiger charge is 2.20. The van der Waals surface area contributed by atoms with Gasteiger partial charge in [-0.05, 0) is 25.7 Å². The molecule has 0 rings (SSSR count).